The van der Waals surface area contributed by atoms with Crippen molar-refractivity contribution in [3.63, 3.8) is 0 Å². The molecule has 2 rings (SSSR count). The first-order chi connectivity index (χ1) is 13.4. The molecule has 1 aromatic carbocycles. The number of carbonyl (C=O) groups excluding carboxylic acids is 1. The molecule has 0 bridgehead atoms. The van der Waals surface area contributed by atoms with Gasteiger partial charge in [0.1, 0.15) is 0 Å². The molecule has 1 heterocycles. The Morgan fingerprint density at radius 1 is 1.28 bits per heavy atom. The van der Waals surface area contributed by atoms with Crippen molar-refractivity contribution in [2.24, 2.45) is 10.9 Å². The van der Waals surface area contributed by atoms with Crippen LogP contribution in [0.25, 0.3) is 0 Å². The summed E-state index contributed by atoms with van der Waals surface area (Å²) in [6.07, 6.45) is 3.01. The number of aryl methyl sites for hydroxylation is 1. The summed E-state index contributed by atoms with van der Waals surface area (Å²) in [5.41, 5.74) is 2.57. The van der Waals surface area contributed by atoms with Gasteiger partial charge in [-0.15, -0.1) is 24.0 Å². The highest BCUT2D eigenvalue weighted by atomic mass is 127. The van der Waals surface area contributed by atoms with Crippen LogP contribution in [0.5, 0.6) is 0 Å². The van der Waals surface area contributed by atoms with E-state index in [2.05, 4.69) is 60.8 Å². The first-order valence-corrected chi connectivity index (χ1v) is 10.5. The molecule has 0 aromatic heterocycles. The molecule has 0 radical (unpaired) electrons. The first-order valence-electron chi connectivity index (χ1n) is 10.5. The van der Waals surface area contributed by atoms with Gasteiger partial charge in [-0.1, -0.05) is 26.0 Å². The van der Waals surface area contributed by atoms with Gasteiger partial charge in [-0.2, -0.15) is 0 Å². The van der Waals surface area contributed by atoms with E-state index in [4.69, 9.17) is 4.99 Å². The Labute approximate surface area is 193 Å². The number of anilines is 1. The van der Waals surface area contributed by atoms with Crippen LogP contribution >= 0.6 is 24.0 Å². The predicted molar refractivity (Wildman–Crippen MR) is 133 cm³/mol. The summed E-state index contributed by atoms with van der Waals surface area (Å²) in [5.74, 6) is 1.16. The summed E-state index contributed by atoms with van der Waals surface area (Å²) in [5, 5.41) is 6.82. The molecular weight excluding hydrogens is 477 g/mol. The van der Waals surface area contributed by atoms with Crippen LogP contribution in [0.2, 0.25) is 0 Å². The summed E-state index contributed by atoms with van der Waals surface area (Å²) in [4.78, 5) is 21.0. The van der Waals surface area contributed by atoms with E-state index in [9.17, 15) is 4.79 Å². The molecular formula is C22H38IN5O. The molecule has 1 fully saturated rings. The topological polar surface area (TPSA) is 60.0 Å². The number of nitrogens with one attached hydrogen (secondary N) is 2. The van der Waals surface area contributed by atoms with Crippen LogP contribution in [0.3, 0.4) is 0 Å². The zero-order valence-corrected chi connectivity index (χ0v) is 20.9. The van der Waals surface area contributed by atoms with E-state index < -0.39 is 0 Å². The Balaban J connectivity index is 0.00000420. The predicted octanol–water partition coefficient (Wildman–Crippen LogP) is 3.12. The number of likely N-dealkylation sites (tertiary alicyclic amines) is 1. The van der Waals surface area contributed by atoms with E-state index in [0.29, 0.717) is 0 Å². The maximum atomic E-state index is 12.2. The molecule has 164 valence electrons. The van der Waals surface area contributed by atoms with Crippen molar-refractivity contribution in [3.8, 4) is 0 Å². The standard InChI is InChI=1S/C22H37N5O.HI/c1-6-23-22(25-19-13-15-27(16-19)21(28)17(2)3)24-14-7-8-18-9-11-20(12-10-18)26(4)5;/h9-12,17,19H,6-8,13-16H2,1-5H3,(H2,23,24,25);1H. The highest BCUT2D eigenvalue weighted by molar-refractivity contribution is 14.0. The lowest BCUT2D eigenvalue weighted by Gasteiger charge is -2.20. The molecule has 1 saturated heterocycles. The smallest absolute Gasteiger partial charge is 0.225 e. The van der Waals surface area contributed by atoms with E-state index in [1.54, 1.807) is 0 Å². The summed E-state index contributed by atoms with van der Waals surface area (Å²) >= 11 is 0. The zero-order valence-electron chi connectivity index (χ0n) is 18.6. The normalized spacial score (nSPS) is 16.6. The van der Waals surface area contributed by atoms with E-state index in [1.807, 2.05) is 18.7 Å². The lowest BCUT2D eigenvalue weighted by atomic mass is 10.1. The molecule has 1 aliphatic heterocycles. The number of hydrogen-bond donors (Lipinski definition) is 2. The van der Waals surface area contributed by atoms with Crippen LogP contribution in [0.1, 0.15) is 39.2 Å². The van der Waals surface area contributed by atoms with Crippen molar-refractivity contribution >= 4 is 41.5 Å². The van der Waals surface area contributed by atoms with Crippen molar-refractivity contribution in [2.45, 2.75) is 46.1 Å². The lowest BCUT2D eigenvalue weighted by molar-refractivity contribution is -0.133. The summed E-state index contributed by atoms with van der Waals surface area (Å²) in [6.45, 7) is 9.21. The number of guanidine groups is 1. The second kappa shape index (κ2) is 12.9. The minimum atomic E-state index is 0. The van der Waals surface area contributed by atoms with E-state index in [1.165, 1.54) is 11.3 Å². The minimum absolute atomic E-state index is 0. The third kappa shape index (κ3) is 8.40. The monoisotopic (exact) mass is 515 g/mol. The molecule has 2 N–H and O–H groups in total. The van der Waals surface area contributed by atoms with Crippen molar-refractivity contribution in [1.29, 1.82) is 0 Å². The third-order valence-corrected chi connectivity index (χ3v) is 5.03. The molecule has 1 atom stereocenters. The average molecular weight is 515 g/mol. The summed E-state index contributed by atoms with van der Waals surface area (Å²) < 4.78 is 0. The fourth-order valence-corrected chi connectivity index (χ4v) is 3.39. The number of amides is 1. The van der Waals surface area contributed by atoms with Crippen LogP contribution in [0, 0.1) is 5.92 Å². The number of aliphatic imine (C=N–C) groups is 1. The van der Waals surface area contributed by atoms with Crippen LogP contribution in [-0.2, 0) is 11.2 Å². The van der Waals surface area contributed by atoms with Crippen molar-refractivity contribution in [2.75, 3.05) is 45.2 Å². The Hall–Kier alpha value is -1.51. The summed E-state index contributed by atoms with van der Waals surface area (Å²) in [7, 11) is 4.11. The van der Waals surface area contributed by atoms with Gasteiger partial charge < -0.3 is 20.4 Å². The third-order valence-electron chi connectivity index (χ3n) is 5.03. The fourth-order valence-electron chi connectivity index (χ4n) is 3.39. The van der Waals surface area contributed by atoms with Crippen LogP contribution in [0.4, 0.5) is 5.69 Å². The highest BCUT2D eigenvalue weighted by Crippen LogP contribution is 2.14. The van der Waals surface area contributed by atoms with Gasteiger partial charge in [0.2, 0.25) is 5.91 Å². The second-order valence-electron chi connectivity index (χ2n) is 7.99. The Bertz CT molecular complexity index is 645. The maximum Gasteiger partial charge on any atom is 0.225 e. The van der Waals surface area contributed by atoms with Gasteiger partial charge in [-0.25, -0.2) is 0 Å². The maximum absolute atomic E-state index is 12.2. The van der Waals surface area contributed by atoms with Crippen molar-refractivity contribution in [1.82, 2.24) is 15.5 Å². The Morgan fingerprint density at radius 3 is 2.55 bits per heavy atom. The van der Waals surface area contributed by atoms with Gasteiger partial charge in [0.25, 0.3) is 0 Å². The first kappa shape index (κ1) is 25.5. The zero-order chi connectivity index (χ0) is 20.5. The largest absolute Gasteiger partial charge is 0.378 e. The van der Waals surface area contributed by atoms with Crippen LogP contribution < -0.4 is 15.5 Å². The molecule has 29 heavy (non-hydrogen) atoms. The molecule has 0 spiro atoms. The minimum Gasteiger partial charge on any atom is -0.378 e. The van der Waals surface area contributed by atoms with Gasteiger partial charge in [-0.05, 0) is 43.9 Å². The number of halogens is 1. The number of rotatable bonds is 8. The fraction of sp³-hybridized carbons (Fsp3) is 0.636. The second-order valence-corrected chi connectivity index (χ2v) is 7.99. The average Bonchev–Trinajstić information content (AvgIpc) is 3.13. The number of benzene rings is 1. The van der Waals surface area contributed by atoms with Gasteiger partial charge in [-0.3, -0.25) is 9.79 Å². The van der Waals surface area contributed by atoms with E-state index in [0.717, 1.165) is 51.4 Å². The molecule has 7 heteroatoms. The van der Waals surface area contributed by atoms with Gasteiger partial charge >= 0.3 is 0 Å². The number of hydrogen-bond acceptors (Lipinski definition) is 3. The molecule has 1 amide bonds. The van der Waals surface area contributed by atoms with Crippen molar-refractivity contribution < 1.29 is 4.79 Å². The molecule has 0 aliphatic carbocycles. The molecule has 6 nitrogen and oxygen atoms in total. The van der Waals surface area contributed by atoms with Gasteiger partial charge in [0.15, 0.2) is 5.96 Å². The van der Waals surface area contributed by atoms with E-state index in [-0.39, 0.29) is 41.8 Å². The lowest BCUT2D eigenvalue weighted by Crippen LogP contribution is -2.45. The molecule has 1 unspecified atom stereocenters. The SMILES string of the molecule is CCNC(=NCCCc1ccc(N(C)C)cc1)NC1CCN(C(=O)C(C)C)C1.I. The van der Waals surface area contributed by atoms with Crippen LogP contribution in [0.15, 0.2) is 29.3 Å². The van der Waals surface area contributed by atoms with Gasteiger partial charge in [0, 0.05) is 57.9 Å². The quantitative estimate of drug-likeness (QED) is 0.242. The molecule has 1 aromatic rings. The van der Waals surface area contributed by atoms with Gasteiger partial charge in [0.05, 0.1) is 0 Å². The molecule has 1 aliphatic rings. The highest BCUT2D eigenvalue weighted by Gasteiger charge is 2.27. The number of nitrogens with zero attached hydrogens (tertiary/aromatic N) is 3. The summed E-state index contributed by atoms with van der Waals surface area (Å²) in [6, 6.07) is 8.99. The Morgan fingerprint density at radius 2 is 1.97 bits per heavy atom. The van der Waals surface area contributed by atoms with Crippen molar-refractivity contribution in [3.05, 3.63) is 29.8 Å². The van der Waals surface area contributed by atoms with Crippen LogP contribution in [-0.4, -0.2) is 63.1 Å². The molecule has 0 saturated carbocycles. The number of carbonyl (C=O) groups is 1. The van der Waals surface area contributed by atoms with E-state index >= 15 is 0 Å². The Kier molecular flexibility index (Phi) is 11.4.